The van der Waals surface area contributed by atoms with Crippen LogP contribution in [0.25, 0.3) is 0 Å². The first-order chi connectivity index (χ1) is 14.6. The summed E-state index contributed by atoms with van der Waals surface area (Å²) in [5, 5.41) is 5.24. The number of rotatable bonds is 8. The summed E-state index contributed by atoms with van der Waals surface area (Å²) >= 11 is 1.37. The number of carbonyl (C=O) groups is 1. The molecule has 0 spiro atoms. The minimum atomic E-state index is -3.81. The fourth-order valence-corrected chi connectivity index (χ4v) is 5.77. The largest absolute Gasteiger partial charge is 0.301 e. The Kier molecular flexibility index (Phi) is 7.85. The molecule has 2 aromatic rings. The summed E-state index contributed by atoms with van der Waals surface area (Å²) in [5.74, 6) is 0.0626. The summed E-state index contributed by atoms with van der Waals surface area (Å²) < 4.78 is 28.1. The minimum Gasteiger partial charge on any atom is -0.301 e. The van der Waals surface area contributed by atoms with Crippen molar-refractivity contribution in [1.29, 1.82) is 0 Å². The van der Waals surface area contributed by atoms with Crippen molar-refractivity contribution in [3.63, 3.8) is 0 Å². The molecule has 170 valence electrons. The van der Waals surface area contributed by atoms with E-state index in [1.54, 1.807) is 24.3 Å². The van der Waals surface area contributed by atoms with Gasteiger partial charge in [-0.05, 0) is 50.3 Å². The van der Waals surface area contributed by atoms with Crippen LogP contribution in [0.1, 0.15) is 44.9 Å². The maximum atomic E-state index is 12.9. The molecule has 0 radical (unpaired) electrons. The molecule has 0 saturated carbocycles. The minimum absolute atomic E-state index is 0.142. The number of carbonyl (C=O) groups excluding carboxylic acids is 1. The third-order valence-electron chi connectivity index (χ3n) is 5.47. The number of nitrogens with zero attached hydrogens (tertiary/aromatic N) is 2. The van der Waals surface area contributed by atoms with E-state index in [1.807, 2.05) is 26.2 Å². The highest BCUT2D eigenvalue weighted by Crippen LogP contribution is 2.22. The summed E-state index contributed by atoms with van der Waals surface area (Å²) in [6, 6.07) is 5.66. The molecule has 1 fully saturated rings. The normalized spacial score (nSPS) is 18.8. The second-order valence-electron chi connectivity index (χ2n) is 8.77. The molecule has 1 amide bonds. The molecule has 2 N–H and O–H groups in total. The molecule has 1 aliphatic rings. The maximum absolute atomic E-state index is 12.9. The monoisotopic (exact) mass is 464 g/mol. The summed E-state index contributed by atoms with van der Waals surface area (Å²) in [5.41, 5.74) is 1.89. The van der Waals surface area contributed by atoms with Crippen molar-refractivity contribution in [2.75, 3.05) is 18.4 Å². The van der Waals surface area contributed by atoms with Crippen LogP contribution in [0.5, 0.6) is 0 Å². The number of piperidine rings is 1. The van der Waals surface area contributed by atoms with Gasteiger partial charge in [0.2, 0.25) is 15.9 Å². The Bertz CT molecular complexity index is 986. The van der Waals surface area contributed by atoms with Gasteiger partial charge in [-0.25, -0.2) is 13.4 Å². The van der Waals surface area contributed by atoms with Crippen LogP contribution in [0.3, 0.4) is 0 Å². The zero-order valence-electron chi connectivity index (χ0n) is 18.6. The van der Waals surface area contributed by atoms with Crippen LogP contribution in [0.4, 0.5) is 5.13 Å². The number of benzene rings is 1. The Balaban J connectivity index is 1.64. The van der Waals surface area contributed by atoms with E-state index >= 15 is 0 Å². The van der Waals surface area contributed by atoms with Crippen LogP contribution < -0.4 is 10.0 Å². The molecule has 3 rings (SSSR count). The van der Waals surface area contributed by atoms with Crippen LogP contribution in [-0.4, -0.2) is 43.3 Å². The van der Waals surface area contributed by atoms with Crippen molar-refractivity contribution in [1.82, 2.24) is 14.6 Å². The van der Waals surface area contributed by atoms with Crippen LogP contribution in [-0.2, 0) is 21.4 Å². The van der Waals surface area contributed by atoms with E-state index in [1.165, 1.54) is 24.2 Å². The summed E-state index contributed by atoms with van der Waals surface area (Å²) in [6.45, 7) is 10.7. The highest BCUT2D eigenvalue weighted by atomic mass is 32.2. The molecule has 9 heteroatoms. The average molecular weight is 465 g/mol. The standard InChI is InChI=1S/C22H32N4O3S2/c1-15(2)20(25-31(28,29)19-9-7-16(3)8-10-19)21(27)24-22-23-18(14-30-22)13-26-11-5-6-17(4)12-26/h7-10,14-15,17,20,25H,5-6,11-13H2,1-4H3,(H,23,24,27)/t17?,20-/m0/s1. The van der Waals surface area contributed by atoms with Crippen LogP contribution in [0.15, 0.2) is 34.5 Å². The summed E-state index contributed by atoms with van der Waals surface area (Å²) in [7, 11) is -3.81. The number of amides is 1. The second-order valence-corrected chi connectivity index (χ2v) is 11.3. The van der Waals surface area contributed by atoms with Gasteiger partial charge in [0.1, 0.15) is 6.04 Å². The van der Waals surface area contributed by atoms with E-state index in [0.717, 1.165) is 30.9 Å². The van der Waals surface area contributed by atoms with E-state index < -0.39 is 22.0 Å². The number of aromatic nitrogens is 1. The predicted octanol–water partition coefficient (Wildman–Crippen LogP) is 3.63. The molecule has 1 aromatic heterocycles. The van der Waals surface area contributed by atoms with Gasteiger partial charge in [-0.3, -0.25) is 9.69 Å². The summed E-state index contributed by atoms with van der Waals surface area (Å²) in [4.78, 5) is 20.0. The Morgan fingerprint density at radius 3 is 2.65 bits per heavy atom. The zero-order chi connectivity index (χ0) is 22.6. The molecule has 7 nitrogen and oxygen atoms in total. The summed E-state index contributed by atoms with van der Waals surface area (Å²) in [6.07, 6.45) is 2.47. The fourth-order valence-electron chi connectivity index (χ4n) is 3.72. The molecule has 1 saturated heterocycles. The molecule has 1 aliphatic heterocycles. The topological polar surface area (TPSA) is 91.4 Å². The highest BCUT2D eigenvalue weighted by Gasteiger charge is 2.29. The first-order valence-corrected chi connectivity index (χ1v) is 13.1. The van der Waals surface area contributed by atoms with Crippen molar-refractivity contribution in [2.45, 2.75) is 58.0 Å². The molecule has 2 atom stereocenters. The van der Waals surface area contributed by atoms with Gasteiger partial charge in [-0.1, -0.05) is 38.5 Å². The van der Waals surface area contributed by atoms with Gasteiger partial charge in [0.15, 0.2) is 5.13 Å². The number of sulfonamides is 1. The van der Waals surface area contributed by atoms with Crippen LogP contribution in [0.2, 0.25) is 0 Å². The third kappa shape index (κ3) is 6.58. The molecule has 1 unspecified atom stereocenters. The number of hydrogen-bond donors (Lipinski definition) is 2. The van der Waals surface area contributed by atoms with Crippen molar-refractivity contribution < 1.29 is 13.2 Å². The lowest BCUT2D eigenvalue weighted by Gasteiger charge is -2.30. The maximum Gasteiger partial charge on any atom is 0.244 e. The number of nitrogens with one attached hydrogen (secondary N) is 2. The van der Waals surface area contributed by atoms with Gasteiger partial charge < -0.3 is 5.32 Å². The van der Waals surface area contributed by atoms with E-state index in [-0.39, 0.29) is 10.8 Å². The number of likely N-dealkylation sites (tertiary alicyclic amines) is 1. The number of aryl methyl sites for hydroxylation is 1. The second kappa shape index (κ2) is 10.2. The quantitative estimate of drug-likeness (QED) is 0.623. The number of hydrogen-bond acceptors (Lipinski definition) is 6. The molecule has 2 heterocycles. The smallest absolute Gasteiger partial charge is 0.244 e. The fraction of sp³-hybridized carbons (Fsp3) is 0.545. The SMILES string of the molecule is Cc1ccc(S(=O)(=O)N[C@H](C(=O)Nc2nc(CN3CCCC(C)C3)cs2)C(C)C)cc1. The molecular formula is C22H32N4O3S2. The van der Waals surface area contributed by atoms with Gasteiger partial charge >= 0.3 is 0 Å². The van der Waals surface area contributed by atoms with E-state index in [0.29, 0.717) is 11.0 Å². The van der Waals surface area contributed by atoms with Gasteiger partial charge in [0.05, 0.1) is 10.6 Å². The molecular weight excluding hydrogens is 432 g/mol. The van der Waals surface area contributed by atoms with Crippen molar-refractivity contribution in [3.05, 3.63) is 40.9 Å². The lowest BCUT2D eigenvalue weighted by atomic mass is 10.0. The Labute approximate surface area is 189 Å². The molecule has 0 aliphatic carbocycles. The van der Waals surface area contributed by atoms with Crippen molar-refractivity contribution >= 4 is 32.4 Å². The molecule has 0 bridgehead atoms. The Morgan fingerprint density at radius 1 is 1.29 bits per heavy atom. The van der Waals surface area contributed by atoms with Gasteiger partial charge in [0.25, 0.3) is 0 Å². The van der Waals surface area contributed by atoms with Crippen molar-refractivity contribution in [2.24, 2.45) is 11.8 Å². The van der Waals surface area contributed by atoms with E-state index in [9.17, 15) is 13.2 Å². The van der Waals surface area contributed by atoms with Gasteiger partial charge in [-0.2, -0.15) is 4.72 Å². The lowest BCUT2D eigenvalue weighted by Crippen LogP contribution is -2.47. The first kappa shape index (κ1) is 23.8. The number of anilines is 1. The van der Waals surface area contributed by atoms with Gasteiger partial charge in [0, 0.05) is 18.5 Å². The highest BCUT2D eigenvalue weighted by molar-refractivity contribution is 7.89. The third-order valence-corrected chi connectivity index (χ3v) is 7.73. The van der Waals surface area contributed by atoms with Crippen molar-refractivity contribution in [3.8, 4) is 0 Å². The number of thiazole rings is 1. The van der Waals surface area contributed by atoms with Gasteiger partial charge in [-0.15, -0.1) is 11.3 Å². The average Bonchev–Trinajstić information content (AvgIpc) is 3.13. The van der Waals surface area contributed by atoms with Crippen LogP contribution >= 0.6 is 11.3 Å². The van der Waals surface area contributed by atoms with E-state index in [4.69, 9.17) is 0 Å². The predicted molar refractivity (Wildman–Crippen MR) is 125 cm³/mol. The molecule has 31 heavy (non-hydrogen) atoms. The Hall–Kier alpha value is -1.81. The first-order valence-electron chi connectivity index (χ1n) is 10.7. The molecule has 1 aromatic carbocycles. The van der Waals surface area contributed by atoms with E-state index in [2.05, 4.69) is 26.8 Å². The zero-order valence-corrected chi connectivity index (χ0v) is 20.2. The lowest BCUT2D eigenvalue weighted by molar-refractivity contribution is -0.118. The Morgan fingerprint density at radius 2 is 2.00 bits per heavy atom. The van der Waals surface area contributed by atoms with Crippen LogP contribution in [0, 0.1) is 18.8 Å².